The van der Waals surface area contributed by atoms with E-state index < -0.39 is 0 Å². The molecule has 1 amide bonds. The zero-order valence-electron chi connectivity index (χ0n) is 19.2. The largest absolute Gasteiger partial charge is 0.497 e. The maximum atomic E-state index is 13.6. The minimum atomic E-state index is -0.389. The molecule has 172 valence electrons. The van der Waals surface area contributed by atoms with Crippen LogP contribution in [0, 0.1) is 0 Å². The molecular formula is C27H25N3O4. The van der Waals surface area contributed by atoms with Crippen LogP contribution in [-0.2, 0) is 6.54 Å². The Kier molecular flexibility index (Phi) is 5.67. The maximum Gasteiger partial charge on any atom is 0.273 e. The first-order valence-electron chi connectivity index (χ1n) is 10.9. The molecule has 0 radical (unpaired) electrons. The zero-order valence-corrected chi connectivity index (χ0v) is 19.2. The average Bonchev–Trinajstić information content (AvgIpc) is 3.43. The predicted molar refractivity (Wildman–Crippen MR) is 128 cm³/mol. The number of carbonyl (C=O) groups excluding carboxylic acids is 1. The summed E-state index contributed by atoms with van der Waals surface area (Å²) in [7, 11) is 4.87. The van der Waals surface area contributed by atoms with Crippen molar-refractivity contribution in [3.8, 4) is 28.5 Å². The molecule has 1 aliphatic rings. The molecule has 1 aliphatic heterocycles. The van der Waals surface area contributed by atoms with Gasteiger partial charge in [0.2, 0.25) is 0 Å². The molecule has 7 heteroatoms. The normalized spacial score (nSPS) is 14.7. The van der Waals surface area contributed by atoms with Gasteiger partial charge in [0.15, 0.2) is 0 Å². The number of amides is 1. The molecule has 4 aromatic rings. The third kappa shape index (κ3) is 3.65. The van der Waals surface area contributed by atoms with E-state index in [0.717, 1.165) is 33.7 Å². The first-order chi connectivity index (χ1) is 16.6. The van der Waals surface area contributed by atoms with Gasteiger partial charge >= 0.3 is 0 Å². The highest BCUT2D eigenvalue weighted by molar-refractivity contribution is 6.00. The van der Waals surface area contributed by atoms with Crippen LogP contribution in [0.2, 0.25) is 0 Å². The number of aromatic amines is 1. The lowest BCUT2D eigenvalue weighted by Crippen LogP contribution is -2.29. The number of methoxy groups -OCH3 is 3. The fourth-order valence-electron chi connectivity index (χ4n) is 4.48. The number of H-pyrrole nitrogens is 1. The Morgan fingerprint density at radius 2 is 1.59 bits per heavy atom. The van der Waals surface area contributed by atoms with Gasteiger partial charge in [-0.1, -0.05) is 30.3 Å². The lowest BCUT2D eigenvalue weighted by molar-refractivity contribution is 0.0728. The topological polar surface area (TPSA) is 76.7 Å². The third-order valence-corrected chi connectivity index (χ3v) is 6.16. The molecule has 5 rings (SSSR count). The van der Waals surface area contributed by atoms with Gasteiger partial charge < -0.3 is 19.1 Å². The van der Waals surface area contributed by atoms with Gasteiger partial charge in [-0.2, -0.15) is 5.10 Å². The number of carbonyl (C=O) groups is 1. The second-order valence-corrected chi connectivity index (χ2v) is 8.02. The van der Waals surface area contributed by atoms with Crippen molar-refractivity contribution in [3.63, 3.8) is 0 Å². The molecule has 0 saturated heterocycles. The van der Waals surface area contributed by atoms with E-state index in [2.05, 4.69) is 10.2 Å². The van der Waals surface area contributed by atoms with Crippen molar-refractivity contribution in [1.29, 1.82) is 0 Å². The van der Waals surface area contributed by atoms with Crippen LogP contribution in [0.3, 0.4) is 0 Å². The Hall–Kier alpha value is -4.26. The number of aromatic nitrogens is 2. The number of fused-ring (bicyclic) bond motifs is 1. The summed E-state index contributed by atoms with van der Waals surface area (Å²) in [6.07, 6.45) is 0. The third-order valence-electron chi connectivity index (χ3n) is 6.16. The number of rotatable bonds is 7. The van der Waals surface area contributed by atoms with Crippen molar-refractivity contribution in [3.05, 3.63) is 95.2 Å². The van der Waals surface area contributed by atoms with Gasteiger partial charge in [0, 0.05) is 29.3 Å². The van der Waals surface area contributed by atoms with E-state index >= 15 is 0 Å². The molecule has 0 bridgehead atoms. The molecule has 3 aromatic carbocycles. The number of hydrogen-bond donors (Lipinski definition) is 1. The van der Waals surface area contributed by atoms with E-state index in [1.165, 1.54) is 0 Å². The summed E-state index contributed by atoms with van der Waals surface area (Å²) in [5, 5.41) is 7.54. The van der Waals surface area contributed by atoms with Crippen molar-refractivity contribution in [1.82, 2.24) is 15.1 Å². The molecule has 2 heterocycles. The minimum Gasteiger partial charge on any atom is -0.497 e. The second kappa shape index (κ2) is 8.94. The van der Waals surface area contributed by atoms with E-state index in [9.17, 15) is 4.79 Å². The van der Waals surface area contributed by atoms with Crippen LogP contribution < -0.4 is 14.2 Å². The lowest BCUT2D eigenvalue weighted by atomic mass is 9.95. The summed E-state index contributed by atoms with van der Waals surface area (Å²) < 4.78 is 16.4. The van der Waals surface area contributed by atoms with Crippen LogP contribution in [0.1, 0.15) is 33.2 Å². The fourth-order valence-corrected chi connectivity index (χ4v) is 4.48. The molecule has 0 aliphatic carbocycles. The maximum absolute atomic E-state index is 13.6. The monoisotopic (exact) mass is 455 g/mol. The standard InChI is InChI=1S/C27H25N3O4/c1-32-19-11-9-18(10-12-19)24-23-25(29-28-24)27(31)30(16-17-7-5-4-6-8-17)26(23)21-14-13-20(33-2)15-22(21)34-3/h4-15,26H,16H2,1-3H3,(H,28,29). The second-order valence-electron chi connectivity index (χ2n) is 8.02. The van der Waals surface area contributed by atoms with Gasteiger partial charge in [0.1, 0.15) is 22.9 Å². The summed E-state index contributed by atoms with van der Waals surface area (Å²) in [5.74, 6) is 1.98. The fraction of sp³-hybridized carbons (Fsp3) is 0.185. The highest BCUT2D eigenvalue weighted by Crippen LogP contribution is 2.46. The Morgan fingerprint density at radius 3 is 2.26 bits per heavy atom. The van der Waals surface area contributed by atoms with Crippen molar-refractivity contribution >= 4 is 5.91 Å². The summed E-state index contributed by atoms with van der Waals surface area (Å²) in [5.41, 5.74) is 4.84. The van der Waals surface area contributed by atoms with Crippen LogP contribution in [0.15, 0.2) is 72.8 Å². The summed E-state index contributed by atoms with van der Waals surface area (Å²) >= 11 is 0. The minimum absolute atomic E-state index is 0.103. The van der Waals surface area contributed by atoms with Crippen molar-refractivity contribution in [2.24, 2.45) is 0 Å². The van der Waals surface area contributed by atoms with Crippen LogP contribution >= 0.6 is 0 Å². The van der Waals surface area contributed by atoms with Gasteiger partial charge in [0.25, 0.3) is 5.91 Å². The van der Waals surface area contributed by atoms with E-state index in [-0.39, 0.29) is 11.9 Å². The van der Waals surface area contributed by atoms with E-state index in [1.807, 2.05) is 77.7 Å². The highest BCUT2D eigenvalue weighted by Gasteiger charge is 2.43. The first kappa shape index (κ1) is 21.6. The van der Waals surface area contributed by atoms with Crippen LogP contribution in [0.5, 0.6) is 17.2 Å². The molecule has 1 N–H and O–H groups in total. The molecule has 7 nitrogen and oxygen atoms in total. The Balaban J connectivity index is 1.67. The Bertz CT molecular complexity index is 1320. The predicted octanol–water partition coefficient (Wildman–Crippen LogP) is 4.85. The average molecular weight is 456 g/mol. The number of nitrogens with zero attached hydrogens (tertiary/aromatic N) is 2. The van der Waals surface area contributed by atoms with Gasteiger partial charge in [-0.25, -0.2) is 0 Å². The van der Waals surface area contributed by atoms with Gasteiger partial charge in [-0.05, 0) is 42.0 Å². The van der Waals surface area contributed by atoms with Crippen LogP contribution in [-0.4, -0.2) is 42.3 Å². The summed E-state index contributed by atoms with van der Waals surface area (Å²) in [6, 6.07) is 22.9. The molecule has 0 fully saturated rings. The number of ether oxygens (including phenoxy) is 3. The van der Waals surface area contributed by atoms with Crippen molar-refractivity contribution < 1.29 is 19.0 Å². The van der Waals surface area contributed by atoms with Gasteiger partial charge in [-0.3, -0.25) is 9.89 Å². The molecule has 34 heavy (non-hydrogen) atoms. The Morgan fingerprint density at radius 1 is 0.882 bits per heavy atom. The first-order valence-corrected chi connectivity index (χ1v) is 10.9. The van der Waals surface area contributed by atoms with Crippen molar-refractivity contribution in [2.45, 2.75) is 12.6 Å². The molecule has 0 spiro atoms. The zero-order chi connectivity index (χ0) is 23.7. The molecule has 0 saturated carbocycles. The van der Waals surface area contributed by atoms with E-state index in [0.29, 0.717) is 23.7 Å². The smallest absolute Gasteiger partial charge is 0.273 e. The quantitative estimate of drug-likeness (QED) is 0.431. The molecular weight excluding hydrogens is 430 g/mol. The van der Waals surface area contributed by atoms with Crippen LogP contribution in [0.25, 0.3) is 11.3 Å². The molecule has 1 unspecified atom stereocenters. The molecule has 1 aromatic heterocycles. The van der Waals surface area contributed by atoms with Gasteiger partial charge in [-0.15, -0.1) is 0 Å². The highest BCUT2D eigenvalue weighted by atomic mass is 16.5. The Labute approximate surface area is 197 Å². The number of hydrogen-bond acceptors (Lipinski definition) is 5. The SMILES string of the molecule is COc1ccc(-c2n[nH]c3c2C(c2ccc(OC)cc2OC)N(Cc2ccccc2)C3=O)cc1. The molecule has 1 atom stereocenters. The lowest BCUT2D eigenvalue weighted by Gasteiger charge is -2.28. The number of benzene rings is 3. The van der Waals surface area contributed by atoms with E-state index in [4.69, 9.17) is 14.2 Å². The van der Waals surface area contributed by atoms with Crippen LogP contribution in [0.4, 0.5) is 0 Å². The summed E-state index contributed by atoms with van der Waals surface area (Å²) in [6.45, 7) is 0.449. The van der Waals surface area contributed by atoms with Gasteiger partial charge in [0.05, 0.1) is 33.1 Å². The van der Waals surface area contributed by atoms with E-state index in [1.54, 1.807) is 21.3 Å². The number of nitrogens with one attached hydrogen (secondary N) is 1. The van der Waals surface area contributed by atoms with Crippen molar-refractivity contribution in [2.75, 3.05) is 21.3 Å². The summed E-state index contributed by atoms with van der Waals surface area (Å²) in [4.78, 5) is 15.5.